The third-order valence-electron chi connectivity index (χ3n) is 3.68. The molecule has 0 aliphatic carbocycles. The summed E-state index contributed by atoms with van der Waals surface area (Å²) >= 11 is 6.69. The fraction of sp³-hybridized carbons (Fsp3) is 0. The third-order valence-corrected chi connectivity index (χ3v) is 6.28. The molecule has 0 aliphatic rings. The van der Waals surface area contributed by atoms with Gasteiger partial charge in [-0.25, -0.2) is 4.98 Å². The van der Waals surface area contributed by atoms with Crippen LogP contribution in [0, 0.1) is 0 Å². The van der Waals surface area contributed by atoms with Crippen molar-refractivity contribution in [1.82, 2.24) is 4.98 Å². The van der Waals surface area contributed by atoms with Crippen LogP contribution in [0.1, 0.15) is 10.4 Å². The summed E-state index contributed by atoms with van der Waals surface area (Å²) in [6.07, 6.45) is 0. The molecule has 1 aromatic heterocycles. The number of carbonyl (C=O) groups excluding carboxylic acids is 1. The number of anilines is 1. The normalized spacial score (nSPS) is 10.8. The Kier molecular flexibility index (Phi) is 5.06. The minimum Gasteiger partial charge on any atom is -0.322 e. The van der Waals surface area contributed by atoms with Gasteiger partial charge in [-0.05, 0) is 54.6 Å². The van der Waals surface area contributed by atoms with Crippen molar-refractivity contribution in [2.45, 2.75) is 9.24 Å². The predicted molar refractivity (Wildman–Crippen MR) is 112 cm³/mol. The lowest BCUT2D eigenvalue weighted by Crippen LogP contribution is -2.11. The summed E-state index contributed by atoms with van der Waals surface area (Å²) in [7, 11) is 0. The molecule has 1 amide bonds. The molecule has 0 atom stereocenters. The first-order valence-corrected chi connectivity index (χ1v) is 10.3. The Labute approximate surface area is 167 Å². The van der Waals surface area contributed by atoms with Crippen LogP contribution in [-0.2, 0) is 0 Å². The number of aromatic nitrogens is 1. The van der Waals surface area contributed by atoms with Crippen molar-refractivity contribution in [1.29, 1.82) is 0 Å². The molecule has 26 heavy (non-hydrogen) atoms. The maximum Gasteiger partial charge on any atom is 0.255 e. The molecule has 0 saturated carbocycles. The zero-order valence-corrected chi connectivity index (χ0v) is 16.7. The van der Waals surface area contributed by atoms with E-state index in [0.29, 0.717) is 5.56 Å². The Bertz CT molecular complexity index is 1040. The lowest BCUT2D eigenvalue weighted by molar-refractivity contribution is 0.102. The second-order valence-corrected chi connectivity index (χ2v) is 8.81. The van der Waals surface area contributed by atoms with Crippen LogP contribution in [0.15, 0.2) is 86.5 Å². The number of halogens is 1. The number of hydrogen-bond donors (Lipinski definition) is 1. The van der Waals surface area contributed by atoms with Gasteiger partial charge in [0.2, 0.25) is 0 Å². The summed E-state index contributed by atoms with van der Waals surface area (Å²) in [5.41, 5.74) is 2.41. The van der Waals surface area contributed by atoms with E-state index in [9.17, 15) is 4.79 Å². The zero-order chi connectivity index (χ0) is 17.9. The molecule has 0 spiro atoms. The minimum atomic E-state index is -0.127. The van der Waals surface area contributed by atoms with Crippen molar-refractivity contribution in [3.8, 4) is 0 Å². The van der Waals surface area contributed by atoms with Crippen molar-refractivity contribution in [2.75, 3.05) is 5.32 Å². The van der Waals surface area contributed by atoms with Gasteiger partial charge in [0.15, 0.2) is 4.34 Å². The molecule has 1 N–H and O–H groups in total. The van der Waals surface area contributed by atoms with E-state index in [2.05, 4.69) is 32.3 Å². The average molecular weight is 441 g/mol. The molecule has 4 aromatic rings. The van der Waals surface area contributed by atoms with Gasteiger partial charge in [0.05, 0.1) is 10.2 Å². The molecular formula is C20H13BrN2OS2. The summed E-state index contributed by atoms with van der Waals surface area (Å²) in [6.45, 7) is 0. The van der Waals surface area contributed by atoms with Crippen LogP contribution in [0.4, 0.5) is 5.69 Å². The molecule has 0 unspecified atom stereocenters. The van der Waals surface area contributed by atoms with Gasteiger partial charge < -0.3 is 5.32 Å². The third kappa shape index (κ3) is 3.98. The molecule has 6 heteroatoms. The molecule has 128 valence electrons. The van der Waals surface area contributed by atoms with E-state index in [1.54, 1.807) is 35.2 Å². The summed E-state index contributed by atoms with van der Waals surface area (Å²) in [5.74, 6) is -0.127. The number of fused-ring (bicyclic) bond motifs is 1. The molecule has 3 aromatic carbocycles. The van der Waals surface area contributed by atoms with Crippen LogP contribution in [-0.4, -0.2) is 10.9 Å². The fourth-order valence-electron chi connectivity index (χ4n) is 2.43. The van der Waals surface area contributed by atoms with E-state index in [1.165, 1.54) is 4.70 Å². The van der Waals surface area contributed by atoms with Crippen LogP contribution in [0.3, 0.4) is 0 Å². The second-order valence-electron chi connectivity index (χ2n) is 5.54. The van der Waals surface area contributed by atoms with Crippen LogP contribution < -0.4 is 5.32 Å². The second kappa shape index (κ2) is 7.61. The quantitative estimate of drug-likeness (QED) is 0.395. The highest BCUT2D eigenvalue weighted by molar-refractivity contribution is 9.10. The van der Waals surface area contributed by atoms with Crippen LogP contribution in [0.2, 0.25) is 0 Å². The van der Waals surface area contributed by atoms with Gasteiger partial charge in [0, 0.05) is 20.6 Å². The van der Waals surface area contributed by atoms with E-state index in [-0.39, 0.29) is 5.91 Å². The maximum absolute atomic E-state index is 12.3. The van der Waals surface area contributed by atoms with Crippen molar-refractivity contribution < 1.29 is 4.79 Å². The molecule has 0 bridgehead atoms. The molecule has 3 nitrogen and oxygen atoms in total. The van der Waals surface area contributed by atoms with Crippen molar-refractivity contribution in [2.24, 2.45) is 0 Å². The fourth-order valence-corrected chi connectivity index (χ4v) is 4.87. The Hall–Kier alpha value is -2.15. The van der Waals surface area contributed by atoms with Gasteiger partial charge in [-0.15, -0.1) is 11.3 Å². The minimum absolute atomic E-state index is 0.127. The topological polar surface area (TPSA) is 42.0 Å². The zero-order valence-electron chi connectivity index (χ0n) is 13.5. The van der Waals surface area contributed by atoms with Crippen molar-refractivity contribution in [3.05, 3.63) is 82.8 Å². The molecular weight excluding hydrogens is 428 g/mol. The number of rotatable bonds is 4. The number of hydrogen-bond acceptors (Lipinski definition) is 4. The van der Waals surface area contributed by atoms with Crippen LogP contribution in [0.25, 0.3) is 10.2 Å². The summed E-state index contributed by atoms with van der Waals surface area (Å²) in [6, 6.07) is 23.3. The van der Waals surface area contributed by atoms with Gasteiger partial charge in [-0.3, -0.25) is 4.79 Å². The van der Waals surface area contributed by atoms with E-state index in [4.69, 9.17) is 0 Å². The van der Waals surface area contributed by atoms with Gasteiger partial charge >= 0.3 is 0 Å². The first-order valence-electron chi connectivity index (χ1n) is 7.88. The van der Waals surface area contributed by atoms with E-state index in [1.807, 2.05) is 54.6 Å². The standard InChI is InChI=1S/C20H13BrN2OS2/c21-14-5-3-4-13(12-14)19(24)22-15-8-10-16(11-9-15)25-20-23-17-6-1-2-7-18(17)26-20/h1-12H,(H,22,24). The lowest BCUT2D eigenvalue weighted by Gasteiger charge is -2.06. The highest BCUT2D eigenvalue weighted by Gasteiger charge is 2.08. The Morgan fingerprint density at radius 1 is 1.00 bits per heavy atom. The monoisotopic (exact) mass is 440 g/mol. The molecule has 1 heterocycles. The SMILES string of the molecule is O=C(Nc1ccc(Sc2nc3ccccc3s2)cc1)c1cccc(Br)c1. The molecule has 0 fully saturated rings. The van der Waals surface area contributed by atoms with Crippen LogP contribution in [0.5, 0.6) is 0 Å². The number of nitrogens with zero attached hydrogens (tertiary/aromatic N) is 1. The number of amides is 1. The van der Waals surface area contributed by atoms with Crippen LogP contribution >= 0.6 is 39.0 Å². The Morgan fingerprint density at radius 2 is 1.81 bits per heavy atom. The molecule has 0 aliphatic heterocycles. The smallest absolute Gasteiger partial charge is 0.255 e. The van der Waals surface area contributed by atoms with Crippen molar-refractivity contribution >= 4 is 60.8 Å². The molecule has 0 saturated heterocycles. The Balaban J connectivity index is 1.45. The predicted octanol–water partition coefficient (Wildman–Crippen LogP) is 6.46. The van der Waals surface area contributed by atoms with E-state index < -0.39 is 0 Å². The average Bonchev–Trinajstić information content (AvgIpc) is 3.05. The van der Waals surface area contributed by atoms with Crippen molar-refractivity contribution in [3.63, 3.8) is 0 Å². The van der Waals surface area contributed by atoms with Gasteiger partial charge in [-0.2, -0.15) is 0 Å². The lowest BCUT2D eigenvalue weighted by atomic mass is 10.2. The first kappa shape index (κ1) is 17.3. The van der Waals surface area contributed by atoms with E-state index in [0.717, 1.165) is 24.9 Å². The summed E-state index contributed by atoms with van der Waals surface area (Å²) < 4.78 is 3.08. The largest absolute Gasteiger partial charge is 0.322 e. The maximum atomic E-state index is 12.3. The van der Waals surface area contributed by atoms with Gasteiger partial charge in [0.1, 0.15) is 0 Å². The Morgan fingerprint density at radius 3 is 2.58 bits per heavy atom. The summed E-state index contributed by atoms with van der Waals surface area (Å²) in [5, 5.41) is 2.92. The van der Waals surface area contributed by atoms with Gasteiger partial charge in [-0.1, -0.05) is 45.9 Å². The summed E-state index contributed by atoms with van der Waals surface area (Å²) in [4.78, 5) is 18.0. The highest BCUT2D eigenvalue weighted by atomic mass is 79.9. The number of benzene rings is 3. The molecule has 4 rings (SSSR count). The number of para-hydroxylation sites is 1. The highest BCUT2D eigenvalue weighted by Crippen LogP contribution is 2.34. The number of thiazole rings is 1. The first-order chi connectivity index (χ1) is 12.7. The van der Waals surface area contributed by atoms with E-state index >= 15 is 0 Å². The molecule has 0 radical (unpaired) electrons. The van der Waals surface area contributed by atoms with Gasteiger partial charge in [0.25, 0.3) is 5.91 Å². The number of nitrogens with one attached hydrogen (secondary N) is 1. The number of carbonyl (C=O) groups is 1.